The summed E-state index contributed by atoms with van der Waals surface area (Å²) < 4.78 is 15.5. The third-order valence-corrected chi connectivity index (χ3v) is 4.72. The molecule has 0 heterocycles. The van der Waals surface area contributed by atoms with Crippen molar-refractivity contribution in [3.05, 3.63) is 70.7 Å². The number of amides is 1. The highest BCUT2D eigenvalue weighted by Crippen LogP contribution is 2.22. The van der Waals surface area contributed by atoms with Gasteiger partial charge in [-0.1, -0.05) is 61.0 Å². The molecule has 0 aliphatic rings. The van der Waals surface area contributed by atoms with Crippen LogP contribution in [0.1, 0.15) is 56.7 Å². The lowest BCUT2D eigenvalue weighted by Crippen LogP contribution is -2.33. The van der Waals surface area contributed by atoms with E-state index in [0.717, 1.165) is 11.1 Å². The van der Waals surface area contributed by atoms with E-state index in [9.17, 15) is 14.4 Å². The van der Waals surface area contributed by atoms with E-state index in [-0.39, 0.29) is 31.8 Å². The Bertz CT molecular complexity index is 872. The Labute approximate surface area is 193 Å². The standard InChI is InChI=1S/C24H28ClNO6/c1-3-7-23(28)31-17(2)32-24(29)26-21(19-10-12-20(25)13-11-19)14-15-22(27)30-16-18-8-5-4-6-9-18/h4-6,8-13,17,21H,3,7,14-16H2,1-2H3,(H,26,29). The zero-order valence-electron chi connectivity index (χ0n) is 18.2. The molecule has 7 nitrogen and oxygen atoms in total. The van der Waals surface area contributed by atoms with Crippen LogP contribution in [-0.2, 0) is 30.4 Å². The quantitative estimate of drug-likeness (QED) is 0.359. The van der Waals surface area contributed by atoms with E-state index in [1.807, 2.05) is 37.3 Å². The molecule has 1 amide bonds. The number of nitrogens with one attached hydrogen (secondary N) is 1. The summed E-state index contributed by atoms with van der Waals surface area (Å²) in [4.78, 5) is 36.1. The molecule has 1 N–H and O–H groups in total. The molecule has 0 fully saturated rings. The number of benzene rings is 2. The number of rotatable bonds is 11. The molecule has 2 unspecified atom stereocenters. The SMILES string of the molecule is CCCC(=O)OC(C)OC(=O)NC(CCC(=O)OCc1ccccc1)c1ccc(Cl)cc1. The number of esters is 2. The average Bonchev–Trinajstić information content (AvgIpc) is 2.76. The van der Waals surface area contributed by atoms with Crippen molar-refractivity contribution >= 4 is 29.6 Å². The first-order valence-electron chi connectivity index (χ1n) is 10.5. The van der Waals surface area contributed by atoms with Gasteiger partial charge in [0.05, 0.1) is 6.04 Å². The minimum Gasteiger partial charge on any atom is -0.461 e. The summed E-state index contributed by atoms with van der Waals surface area (Å²) in [7, 11) is 0. The van der Waals surface area contributed by atoms with Crippen molar-refractivity contribution in [3.8, 4) is 0 Å². The van der Waals surface area contributed by atoms with Crippen LogP contribution < -0.4 is 5.32 Å². The average molecular weight is 462 g/mol. The highest BCUT2D eigenvalue weighted by molar-refractivity contribution is 6.30. The predicted molar refractivity (Wildman–Crippen MR) is 120 cm³/mol. The van der Waals surface area contributed by atoms with Crippen LogP contribution >= 0.6 is 11.6 Å². The second-order valence-electron chi connectivity index (χ2n) is 7.15. The molecule has 0 spiro atoms. The molecular weight excluding hydrogens is 434 g/mol. The summed E-state index contributed by atoms with van der Waals surface area (Å²) in [5.41, 5.74) is 1.64. The summed E-state index contributed by atoms with van der Waals surface area (Å²) in [5.74, 6) is -0.826. The Hall–Kier alpha value is -3.06. The number of hydrogen-bond acceptors (Lipinski definition) is 6. The highest BCUT2D eigenvalue weighted by atomic mass is 35.5. The normalized spacial score (nSPS) is 12.3. The minimum atomic E-state index is -1.03. The molecule has 2 aromatic rings. The first-order valence-corrected chi connectivity index (χ1v) is 10.9. The topological polar surface area (TPSA) is 90.9 Å². The van der Waals surface area contributed by atoms with Crippen molar-refractivity contribution in [1.82, 2.24) is 5.32 Å². The van der Waals surface area contributed by atoms with Crippen LogP contribution in [0.5, 0.6) is 0 Å². The third-order valence-electron chi connectivity index (χ3n) is 4.47. The Morgan fingerprint density at radius 2 is 1.62 bits per heavy atom. The molecule has 0 aliphatic carbocycles. The van der Waals surface area contributed by atoms with Gasteiger partial charge in [-0.3, -0.25) is 9.59 Å². The Morgan fingerprint density at radius 3 is 2.28 bits per heavy atom. The molecule has 0 bridgehead atoms. The van der Waals surface area contributed by atoms with Gasteiger partial charge in [0.25, 0.3) is 0 Å². The molecular formula is C24H28ClNO6. The van der Waals surface area contributed by atoms with Gasteiger partial charge in [0.15, 0.2) is 0 Å². The highest BCUT2D eigenvalue weighted by Gasteiger charge is 2.20. The second-order valence-corrected chi connectivity index (χ2v) is 7.58. The van der Waals surface area contributed by atoms with Gasteiger partial charge < -0.3 is 19.5 Å². The lowest BCUT2D eigenvalue weighted by molar-refractivity contribution is -0.165. The molecule has 172 valence electrons. The summed E-state index contributed by atoms with van der Waals surface area (Å²) >= 11 is 5.96. The van der Waals surface area contributed by atoms with Crippen molar-refractivity contribution in [3.63, 3.8) is 0 Å². The third kappa shape index (κ3) is 9.39. The maximum absolute atomic E-state index is 12.3. The lowest BCUT2D eigenvalue weighted by Gasteiger charge is -2.21. The van der Waals surface area contributed by atoms with Crippen LogP contribution in [0.15, 0.2) is 54.6 Å². The molecule has 0 saturated carbocycles. The van der Waals surface area contributed by atoms with Crippen molar-refractivity contribution in [1.29, 1.82) is 0 Å². The van der Waals surface area contributed by atoms with E-state index in [1.54, 1.807) is 24.3 Å². The Morgan fingerprint density at radius 1 is 0.938 bits per heavy atom. The van der Waals surface area contributed by atoms with E-state index in [4.69, 9.17) is 25.8 Å². The van der Waals surface area contributed by atoms with Gasteiger partial charge in [0, 0.05) is 24.8 Å². The van der Waals surface area contributed by atoms with Gasteiger partial charge in [-0.15, -0.1) is 0 Å². The van der Waals surface area contributed by atoms with Gasteiger partial charge in [0.1, 0.15) is 6.61 Å². The number of alkyl carbamates (subject to hydrolysis) is 1. The number of carbonyl (C=O) groups is 3. The monoisotopic (exact) mass is 461 g/mol. The van der Waals surface area contributed by atoms with Crippen LogP contribution in [-0.4, -0.2) is 24.3 Å². The smallest absolute Gasteiger partial charge is 0.410 e. The number of ether oxygens (including phenoxy) is 3. The zero-order valence-corrected chi connectivity index (χ0v) is 19.0. The van der Waals surface area contributed by atoms with Crippen molar-refractivity contribution in [2.75, 3.05) is 0 Å². The first-order chi connectivity index (χ1) is 15.4. The van der Waals surface area contributed by atoms with Gasteiger partial charge in [-0.25, -0.2) is 4.79 Å². The largest absolute Gasteiger partial charge is 0.461 e. The molecule has 8 heteroatoms. The number of carbonyl (C=O) groups excluding carboxylic acids is 3. The second kappa shape index (κ2) is 13.4. The minimum absolute atomic E-state index is 0.0848. The lowest BCUT2D eigenvalue weighted by atomic mass is 10.0. The molecule has 0 radical (unpaired) electrons. The predicted octanol–water partition coefficient (Wildman–Crippen LogP) is 5.32. The Kier molecular flexibility index (Phi) is 10.5. The number of halogens is 1. The van der Waals surface area contributed by atoms with Crippen molar-refractivity contribution < 1.29 is 28.6 Å². The maximum Gasteiger partial charge on any atom is 0.410 e. The maximum atomic E-state index is 12.3. The molecule has 0 saturated heterocycles. The van der Waals surface area contributed by atoms with E-state index < -0.39 is 24.4 Å². The molecule has 32 heavy (non-hydrogen) atoms. The summed E-state index contributed by atoms with van der Waals surface area (Å²) in [5, 5.41) is 3.26. The van der Waals surface area contributed by atoms with Crippen LogP contribution in [0.3, 0.4) is 0 Å². The van der Waals surface area contributed by atoms with Gasteiger partial charge in [-0.2, -0.15) is 0 Å². The van der Waals surface area contributed by atoms with Gasteiger partial charge in [0.2, 0.25) is 6.29 Å². The fourth-order valence-electron chi connectivity index (χ4n) is 2.89. The molecule has 2 rings (SSSR count). The summed E-state index contributed by atoms with van der Waals surface area (Å²) in [6.45, 7) is 3.49. The molecule has 0 aromatic heterocycles. The van der Waals surface area contributed by atoms with E-state index in [1.165, 1.54) is 6.92 Å². The van der Waals surface area contributed by atoms with E-state index >= 15 is 0 Å². The fraction of sp³-hybridized carbons (Fsp3) is 0.375. The van der Waals surface area contributed by atoms with Gasteiger partial charge in [-0.05, 0) is 36.1 Å². The van der Waals surface area contributed by atoms with Crippen LogP contribution in [0.4, 0.5) is 4.79 Å². The van der Waals surface area contributed by atoms with Crippen LogP contribution in [0, 0.1) is 0 Å². The summed E-state index contributed by atoms with van der Waals surface area (Å²) in [6.07, 6.45) is -0.546. The van der Waals surface area contributed by atoms with Gasteiger partial charge >= 0.3 is 18.0 Å². The van der Waals surface area contributed by atoms with Crippen LogP contribution in [0.25, 0.3) is 0 Å². The fourth-order valence-corrected chi connectivity index (χ4v) is 3.01. The van der Waals surface area contributed by atoms with Crippen molar-refractivity contribution in [2.45, 2.75) is 58.5 Å². The van der Waals surface area contributed by atoms with E-state index in [2.05, 4.69) is 5.32 Å². The Balaban J connectivity index is 1.92. The van der Waals surface area contributed by atoms with Crippen molar-refractivity contribution in [2.24, 2.45) is 0 Å². The molecule has 2 atom stereocenters. The van der Waals surface area contributed by atoms with E-state index in [0.29, 0.717) is 11.4 Å². The first kappa shape index (κ1) is 25.2. The zero-order chi connectivity index (χ0) is 23.3. The summed E-state index contributed by atoms with van der Waals surface area (Å²) in [6, 6.07) is 15.7. The molecule has 0 aliphatic heterocycles. The molecule has 2 aromatic carbocycles. The van der Waals surface area contributed by atoms with Crippen LogP contribution in [0.2, 0.25) is 5.02 Å². The number of hydrogen-bond donors (Lipinski definition) is 1.